The molecule has 3 heterocycles. The van der Waals surface area contributed by atoms with E-state index in [0.717, 1.165) is 29.8 Å². The molecule has 3 rings (SSSR count). The van der Waals surface area contributed by atoms with Crippen molar-refractivity contribution in [2.45, 2.75) is 40.2 Å². The van der Waals surface area contributed by atoms with Gasteiger partial charge >= 0.3 is 6.09 Å². The third-order valence-electron chi connectivity index (χ3n) is 4.97. The number of likely N-dealkylation sites (tertiary alicyclic amines) is 1. The Morgan fingerprint density at radius 2 is 2.19 bits per heavy atom. The number of hydrogen-bond donors (Lipinski definition) is 1. The van der Waals surface area contributed by atoms with Crippen LogP contribution >= 0.6 is 0 Å². The van der Waals surface area contributed by atoms with Crippen molar-refractivity contribution in [1.29, 1.82) is 0 Å². The van der Waals surface area contributed by atoms with Crippen molar-refractivity contribution in [3.8, 4) is 0 Å². The number of aromatic amines is 1. The second-order valence-electron chi connectivity index (χ2n) is 8.44. The molecule has 0 spiro atoms. The molecular weight excluding hydrogens is 330 g/mol. The van der Waals surface area contributed by atoms with E-state index in [1.54, 1.807) is 6.33 Å². The fraction of sp³-hybridized carbons (Fsp3) is 0.632. The maximum atomic E-state index is 12.5. The first-order chi connectivity index (χ1) is 12.3. The third kappa shape index (κ3) is 3.92. The molecule has 2 atom stereocenters. The van der Waals surface area contributed by atoms with Crippen LogP contribution in [0.3, 0.4) is 0 Å². The molecule has 26 heavy (non-hydrogen) atoms. The van der Waals surface area contributed by atoms with Gasteiger partial charge < -0.3 is 19.5 Å². The number of ether oxygens (including phenoxy) is 1. The van der Waals surface area contributed by atoms with Crippen molar-refractivity contribution in [3.63, 3.8) is 0 Å². The van der Waals surface area contributed by atoms with Crippen molar-refractivity contribution in [3.05, 3.63) is 18.6 Å². The fourth-order valence-electron chi connectivity index (χ4n) is 3.39. The smallest absolute Gasteiger partial charge is 0.409 e. The number of anilines is 1. The van der Waals surface area contributed by atoms with Crippen molar-refractivity contribution < 1.29 is 9.53 Å². The number of aromatic nitrogens is 3. The molecule has 0 bridgehead atoms. The summed E-state index contributed by atoms with van der Waals surface area (Å²) in [5.74, 6) is 1.34. The molecule has 0 saturated carbocycles. The lowest BCUT2D eigenvalue weighted by Crippen LogP contribution is -2.53. The van der Waals surface area contributed by atoms with Crippen molar-refractivity contribution in [2.24, 2.45) is 11.3 Å². The molecular formula is C19H29N5O2. The summed E-state index contributed by atoms with van der Waals surface area (Å²) in [6, 6.07) is 2.17. The summed E-state index contributed by atoms with van der Waals surface area (Å²) in [7, 11) is 2.04. The standard InChI is InChI=1S/C19H29N5O2/c1-13-7-9-24(18(25)26-11-19(2,3)4)10-15(13)23(5)17-14-6-8-20-16(14)21-12-22-17/h6,8,12-13,15H,7,9-11H2,1-5H3,(H,20,21,22). The lowest BCUT2D eigenvalue weighted by molar-refractivity contribution is 0.0591. The zero-order chi connectivity index (χ0) is 18.9. The largest absolute Gasteiger partial charge is 0.449 e. The van der Waals surface area contributed by atoms with E-state index in [0.29, 0.717) is 19.1 Å². The van der Waals surface area contributed by atoms with Crippen molar-refractivity contribution >= 4 is 22.9 Å². The first-order valence-corrected chi connectivity index (χ1v) is 9.19. The van der Waals surface area contributed by atoms with E-state index in [-0.39, 0.29) is 17.6 Å². The number of carbonyl (C=O) groups is 1. The molecule has 1 aliphatic rings. The number of amides is 1. The Kier molecular flexibility index (Phi) is 5.07. The van der Waals surface area contributed by atoms with Crippen LogP contribution in [-0.4, -0.2) is 58.7 Å². The van der Waals surface area contributed by atoms with Crippen LogP contribution in [0.4, 0.5) is 10.6 Å². The van der Waals surface area contributed by atoms with E-state index in [1.807, 2.05) is 24.2 Å². The second-order valence-corrected chi connectivity index (χ2v) is 8.44. The van der Waals surface area contributed by atoms with E-state index in [2.05, 4.69) is 47.5 Å². The maximum Gasteiger partial charge on any atom is 0.409 e. The lowest BCUT2D eigenvalue weighted by atomic mass is 9.92. The first kappa shape index (κ1) is 18.5. The van der Waals surface area contributed by atoms with Crippen LogP contribution < -0.4 is 4.90 Å². The van der Waals surface area contributed by atoms with Gasteiger partial charge in [-0.15, -0.1) is 0 Å². The van der Waals surface area contributed by atoms with Crippen LogP contribution in [0.25, 0.3) is 11.0 Å². The van der Waals surface area contributed by atoms with Crippen LogP contribution in [0, 0.1) is 11.3 Å². The number of rotatable bonds is 3. The number of carbonyl (C=O) groups excluding carboxylic acids is 1. The minimum Gasteiger partial charge on any atom is -0.449 e. The summed E-state index contributed by atoms with van der Waals surface area (Å²) in [5.41, 5.74) is 0.794. The predicted octanol–water partition coefficient (Wildman–Crippen LogP) is 3.29. The maximum absolute atomic E-state index is 12.5. The van der Waals surface area contributed by atoms with Gasteiger partial charge in [0.2, 0.25) is 0 Å². The molecule has 1 aliphatic heterocycles. The molecule has 0 aromatic carbocycles. The summed E-state index contributed by atoms with van der Waals surface area (Å²) in [6.45, 7) is 10.2. The van der Waals surface area contributed by atoms with Crippen molar-refractivity contribution in [1.82, 2.24) is 19.9 Å². The number of fused-ring (bicyclic) bond motifs is 1. The molecule has 2 unspecified atom stereocenters. The van der Waals surface area contributed by atoms with Gasteiger partial charge in [-0.25, -0.2) is 14.8 Å². The zero-order valence-electron chi connectivity index (χ0n) is 16.3. The minimum absolute atomic E-state index is 0.0320. The van der Waals surface area contributed by atoms with Crippen LogP contribution in [-0.2, 0) is 4.74 Å². The summed E-state index contributed by atoms with van der Waals surface area (Å²) >= 11 is 0. The number of nitrogens with zero attached hydrogens (tertiary/aromatic N) is 4. The highest BCUT2D eigenvalue weighted by atomic mass is 16.6. The highest BCUT2D eigenvalue weighted by molar-refractivity contribution is 5.87. The van der Waals surface area contributed by atoms with E-state index in [9.17, 15) is 4.79 Å². The van der Waals surface area contributed by atoms with Gasteiger partial charge in [-0.3, -0.25) is 0 Å². The molecule has 1 fully saturated rings. The van der Waals surface area contributed by atoms with Crippen LogP contribution in [0.1, 0.15) is 34.1 Å². The zero-order valence-corrected chi connectivity index (χ0v) is 16.3. The van der Waals surface area contributed by atoms with E-state index >= 15 is 0 Å². The highest BCUT2D eigenvalue weighted by Gasteiger charge is 2.33. The van der Waals surface area contributed by atoms with Crippen molar-refractivity contribution in [2.75, 3.05) is 31.6 Å². The number of likely N-dealkylation sites (N-methyl/N-ethyl adjacent to an activating group) is 1. The molecule has 2 aromatic heterocycles. The molecule has 2 aromatic rings. The fourth-order valence-corrected chi connectivity index (χ4v) is 3.39. The Labute approximate surface area is 154 Å². The SMILES string of the molecule is CC1CCN(C(=O)OCC(C)(C)C)CC1N(C)c1ncnc2[nH]ccc12. The molecule has 1 amide bonds. The molecule has 7 heteroatoms. The van der Waals surface area contributed by atoms with Crippen LogP contribution in [0.2, 0.25) is 0 Å². The Morgan fingerprint density at radius 1 is 1.42 bits per heavy atom. The Morgan fingerprint density at radius 3 is 2.92 bits per heavy atom. The molecule has 1 N–H and O–H groups in total. The Bertz CT molecular complexity index is 767. The summed E-state index contributed by atoms with van der Waals surface area (Å²) in [5, 5.41) is 0.995. The first-order valence-electron chi connectivity index (χ1n) is 9.19. The van der Waals surface area contributed by atoms with Crippen LogP contribution in [0.15, 0.2) is 18.6 Å². The molecule has 7 nitrogen and oxygen atoms in total. The van der Waals surface area contributed by atoms with Gasteiger partial charge in [-0.2, -0.15) is 0 Å². The number of nitrogens with one attached hydrogen (secondary N) is 1. The Hall–Kier alpha value is -2.31. The predicted molar refractivity (Wildman–Crippen MR) is 102 cm³/mol. The Balaban J connectivity index is 1.74. The minimum atomic E-state index is -0.222. The third-order valence-corrected chi connectivity index (χ3v) is 4.97. The van der Waals surface area contributed by atoms with Gasteiger partial charge in [0.15, 0.2) is 0 Å². The van der Waals surface area contributed by atoms with Gasteiger partial charge in [-0.05, 0) is 23.8 Å². The lowest BCUT2D eigenvalue weighted by Gasteiger charge is -2.41. The topological polar surface area (TPSA) is 74.3 Å². The van der Waals surface area contributed by atoms with Gasteiger partial charge in [0.25, 0.3) is 0 Å². The summed E-state index contributed by atoms with van der Waals surface area (Å²) in [6.07, 6.45) is 4.17. The highest BCUT2D eigenvalue weighted by Crippen LogP contribution is 2.29. The summed E-state index contributed by atoms with van der Waals surface area (Å²) < 4.78 is 5.51. The van der Waals surface area contributed by atoms with Gasteiger partial charge in [-0.1, -0.05) is 27.7 Å². The number of hydrogen-bond acceptors (Lipinski definition) is 5. The van der Waals surface area contributed by atoms with E-state index < -0.39 is 0 Å². The average molecular weight is 359 g/mol. The molecule has 1 saturated heterocycles. The monoisotopic (exact) mass is 359 g/mol. The van der Waals surface area contributed by atoms with Gasteiger partial charge in [0.05, 0.1) is 18.0 Å². The molecule has 0 aliphatic carbocycles. The quantitative estimate of drug-likeness (QED) is 0.910. The molecule has 0 radical (unpaired) electrons. The summed E-state index contributed by atoms with van der Waals surface area (Å²) in [4.78, 5) is 28.3. The van der Waals surface area contributed by atoms with Gasteiger partial charge in [0.1, 0.15) is 17.8 Å². The number of H-pyrrole nitrogens is 1. The van der Waals surface area contributed by atoms with E-state index in [4.69, 9.17) is 4.74 Å². The number of piperidine rings is 1. The van der Waals surface area contributed by atoms with Crippen LogP contribution in [0.5, 0.6) is 0 Å². The second kappa shape index (κ2) is 7.13. The normalized spacial score (nSPS) is 21.0. The average Bonchev–Trinajstić information content (AvgIpc) is 3.07. The van der Waals surface area contributed by atoms with Gasteiger partial charge in [0, 0.05) is 26.3 Å². The van der Waals surface area contributed by atoms with E-state index in [1.165, 1.54) is 0 Å². The molecule has 142 valence electrons.